The van der Waals surface area contributed by atoms with Crippen LogP contribution in [0.15, 0.2) is 73.4 Å². The molecule has 5 heterocycles. The number of imidazole rings is 3. The number of aromatic nitrogens is 6. The summed E-state index contributed by atoms with van der Waals surface area (Å²) in [7, 11) is 4.42. The second-order valence-corrected chi connectivity index (χ2v) is 15.2. The molecule has 58 heavy (non-hydrogen) atoms. The Kier molecular flexibility index (Phi) is 11.9. The highest BCUT2D eigenvalue weighted by Gasteiger charge is 2.38. The molecule has 2 aromatic carbocycles. The summed E-state index contributed by atoms with van der Waals surface area (Å²) in [6, 6.07) is 14.4. The smallest absolute Gasteiger partial charge is 0.407 e. The molecule has 0 saturated carbocycles. The van der Waals surface area contributed by atoms with Crippen molar-refractivity contribution in [1.29, 1.82) is 0 Å². The standard InChI is InChI=1S/C42H50N10O6/c1-25(2)36(49-42(56)58-5)40(54)52-19-7-9-35(52)38-44-22-33(47-38)29-16-12-27(13-17-29)26-10-14-28(15-11-26)32-21-43-37(46-32)34-8-6-18-51(34)39(53)31(48-41(55)57-4)20-30-23-50(3)24-45-30/h10-17,21-25,31,34-36H,6-9,18-20H2,1-5H3,(H,43,46)(H,44,47)(H,48,55)(H,49,56)/t31-,34-,35-,36?/m0/s1. The first-order valence-electron chi connectivity index (χ1n) is 19.6. The molecule has 4 amide bonds. The van der Waals surface area contributed by atoms with E-state index in [0.29, 0.717) is 24.6 Å². The van der Waals surface area contributed by atoms with E-state index in [2.05, 4.69) is 54.8 Å². The van der Waals surface area contributed by atoms with Gasteiger partial charge in [-0.3, -0.25) is 9.59 Å². The quantitative estimate of drug-likeness (QED) is 0.126. The van der Waals surface area contributed by atoms with Gasteiger partial charge in [-0.2, -0.15) is 0 Å². The van der Waals surface area contributed by atoms with Gasteiger partial charge in [0.2, 0.25) is 11.8 Å². The molecular formula is C42H50N10O6. The van der Waals surface area contributed by atoms with Gasteiger partial charge in [-0.25, -0.2) is 24.5 Å². The van der Waals surface area contributed by atoms with Gasteiger partial charge in [0, 0.05) is 32.8 Å². The minimum atomic E-state index is -0.835. The lowest BCUT2D eigenvalue weighted by atomic mass is 10.0. The second kappa shape index (κ2) is 17.4. The number of carbonyl (C=O) groups is 4. The number of rotatable bonds is 12. The van der Waals surface area contributed by atoms with Crippen LogP contribution in [0.5, 0.6) is 0 Å². The Morgan fingerprint density at radius 3 is 1.67 bits per heavy atom. The average Bonchev–Trinajstić information content (AvgIpc) is 4.09. The van der Waals surface area contributed by atoms with Gasteiger partial charge in [0.15, 0.2) is 0 Å². The van der Waals surface area contributed by atoms with Crippen LogP contribution in [0, 0.1) is 5.92 Å². The number of benzene rings is 2. The van der Waals surface area contributed by atoms with Crippen molar-refractivity contribution in [2.75, 3.05) is 27.3 Å². The first-order chi connectivity index (χ1) is 28.0. The third-order valence-corrected chi connectivity index (χ3v) is 11.0. The van der Waals surface area contributed by atoms with Gasteiger partial charge < -0.3 is 44.4 Å². The third kappa shape index (κ3) is 8.60. The van der Waals surface area contributed by atoms with Gasteiger partial charge in [0.25, 0.3) is 0 Å². The maximum Gasteiger partial charge on any atom is 0.407 e. The van der Waals surface area contributed by atoms with Crippen LogP contribution in [0.25, 0.3) is 33.6 Å². The van der Waals surface area contributed by atoms with Gasteiger partial charge in [-0.05, 0) is 53.9 Å². The fourth-order valence-electron chi connectivity index (χ4n) is 7.88. The normalized spacial score (nSPS) is 17.6. The molecule has 5 aromatic rings. The molecule has 1 unspecified atom stereocenters. The number of nitrogens with zero attached hydrogens (tertiary/aromatic N) is 6. The van der Waals surface area contributed by atoms with E-state index in [4.69, 9.17) is 14.5 Å². The van der Waals surface area contributed by atoms with E-state index in [1.54, 1.807) is 33.1 Å². The fourth-order valence-corrected chi connectivity index (χ4v) is 7.88. The van der Waals surface area contributed by atoms with Gasteiger partial charge in [0.05, 0.1) is 62.1 Å². The largest absolute Gasteiger partial charge is 0.453 e. The molecule has 0 aliphatic carbocycles. The lowest BCUT2D eigenvalue weighted by molar-refractivity contribution is -0.135. The SMILES string of the molecule is COC(=O)NC(C(=O)N1CCC[C@H]1c1ncc(-c2ccc(-c3ccc(-c4cnc([C@@H]5CCCN5C(=O)[C@H](Cc5cn(C)cn5)NC(=O)OC)[nH]4)cc3)cc2)[nH]1)C(C)C. The molecule has 16 nitrogen and oxygen atoms in total. The molecule has 4 N–H and O–H groups in total. The van der Waals surface area contributed by atoms with Crippen LogP contribution in [-0.4, -0.2) is 103 Å². The molecule has 7 rings (SSSR count). The number of alkyl carbamates (subject to hydrolysis) is 2. The zero-order valence-electron chi connectivity index (χ0n) is 33.4. The lowest BCUT2D eigenvalue weighted by Crippen LogP contribution is -2.51. The van der Waals surface area contributed by atoms with Crippen molar-refractivity contribution >= 4 is 24.0 Å². The second-order valence-electron chi connectivity index (χ2n) is 15.2. The first-order valence-corrected chi connectivity index (χ1v) is 19.6. The number of amides is 4. The van der Waals surface area contributed by atoms with Crippen LogP contribution in [-0.2, 0) is 32.5 Å². The predicted octanol–water partition coefficient (Wildman–Crippen LogP) is 5.54. The fraction of sp³-hybridized carbons (Fsp3) is 0.405. The topological polar surface area (TPSA) is 192 Å². The molecule has 2 aliphatic rings. The molecule has 0 radical (unpaired) electrons. The molecular weight excluding hydrogens is 741 g/mol. The predicted molar refractivity (Wildman–Crippen MR) is 215 cm³/mol. The maximum atomic E-state index is 13.9. The van der Waals surface area contributed by atoms with Crippen molar-refractivity contribution in [2.24, 2.45) is 13.0 Å². The zero-order chi connectivity index (χ0) is 40.9. The Balaban J connectivity index is 0.999. The minimum Gasteiger partial charge on any atom is -0.453 e. The van der Waals surface area contributed by atoms with E-state index < -0.39 is 24.3 Å². The number of likely N-dealkylation sites (tertiary alicyclic amines) is 2. The number of aromatic amines is 2. The van der Waals surface area contributed by atoms with Crippen LogP contribution in [0.4, 0.5) is 9.59 Å². The number of aryl methyl sites for hydroxylation is 1. The number of hydrogen-bond donors (Lipinski definition) is 4. The number of hydrogen-bond acceptors (Lipinski definition) is 9. The van der Waals surface area contributed by atoms with Crippen molar-refractivity contribution in [3.63, 3.8) is 0 Å². The number of H-pyrrole nitrogens is 2. The van der Waals surface area contributed by atoms with Gasteiger partial charge >= 0.3 is 12.2 Å². The lowest BCUT2D eigenvalue weighted by Gasteiger charge is -2.30. The summed E-state index contributed by atoms with van der Waals surface area (Å²) < 4.78 is 11.4. The first kappa shape index (κ1) is 39.8. The van der Waals surface area contributed by atoms with Crippen molar-refractivity contribution in [3.8, 4) is 33.6 Å². The number of ether oxygens (including phenoxy) is 2. The van der Waals surface area contributed by atoms with E-state index in [-0.39, 0.29) is 36.2 Å². The van der Waals surface area contributed by atoms with Crippen LogP contribution < -0.4 is 10.6 Å². The number of carbonyl (C=O) groups excluding carboxylic acids is 4. The highest BCUT2D eigenvalue weighted by Crippen LogP contribution is 2.35. The molecule has 2 aliphatic heterocycles. The van der Waals surface area contributed by atoms with E-state index in [9.17, 15) is 19.2 Å². The van der Waals surface area contributed by atoms with E-state index >= 15 is 0 Å². The molecule has 0 spiro atoms. The van der Waals surface area contributed by atoms with E-state index in [1.807, 2.05) is 51.4 Å². The highest BCUT2D eigenvalue weighted by atomic mass is 16.5. The van der Waals surface area contributed by atoms with E-state index in [1.165, 1.54) is 14.2 Å². The van der Waals surface area contributed by atoms with Crippen molar-refractivity contribution in [1.82, 2.24) is 49.9 Å². The molecule has 2 fully saturated rings. The van der Waals surface area contributed by atoms with Crippen molar-refractivity contribution in [2.45, 2.75) is 70.1 Å². The Bertz CT molecular complexity index is 2230. The Morgan fingerprint density at radius 1 is 0.724 bits per heavy atom. The van der Waals surface area contributed by atoms with Crippen molar-refractivity contribution in [3.05, 3.63) is 90.8 Å². The monoisotopic (exact) mass is 790 g/mol. The molecule has 2 saturated heterocycles. The van der Waals surface area contributed by atoms with Gasteiger partial charge in [-0.1, -0.05) is 62.4 Å². The summed E-state index contributed by atoms with van der Waals surface area (Å²) in [5.41, 5.74) is 6.40. The summed E-state index contributed by atoms with van der Waals surface area (Å²) in [5, 5.41) is 5.39. The zero-order valence-corrected chi connectivity index (χ0v) is 33.4. The molecule has 4 atom stereocenters. The van der Waals surface area contributed by atoms with Crippen LogP contribution in [0.3, 0.4) is 0 Å². The van der Waals surface area contributed by atoms with Gasteiger partial charge in [0.1, 0.15) is 23.7 Å². The summed E-state index contributed by atoms with van der Waals surface area (Å²) in [6.45, 7) is 4.93. The number of methoxy groups -OCH3 is 2. The summed E-state index contributed by atoms with van der Waals surface area (Å²) >= 11 is 0. The third-order valence-electron chi connectivity index (χ3n) is 11.0. The highest BCUT2D eigenvalue weighted by molar-refractivity contribution is 5.87. The Hall–Kier alpha value is -6.45. The number of nitrogens with one attached hydrogen (secondary N) is 4. The maximum absolute atomic E-state index is 13.9. The Morgan fingerprint density at radius 2 is 1.21 bits per heavy atom. The Labute approximate surface area is 336 Å². The minimum absolute atomic E-state index is 0.109. The van der Waals surface area contributed by atoms with Crippen LogP contribution in [0.1, 0.15) is 69.0 Å². The summed E-state index contributed by atoms with van der Waals surface area (Å²) in [5.74, 6) is 0.949. The summed E-state index contributed by atoms with van der Waals surface area (Å²) in [4.78, 5) is 75.7. The summed E-state index contributed by atoms with van der Waals surface area (Å²) in [6.07, 6.45) is 9.19. The van der Waals surface area contributed by atoms with Crippen LogP contribution in [0.2, 0.25) is 0 Å². The average molecular weight is 791 g/mol. The van der Waals surface area contributed by atoms with E-state index in [0.717, 1.165) is 65.1 Å². The molecule has 0 bridgehead atoms. The van der Waals surface area contributed by atoms with Gasteiger partial charge in [-0.15, -0.1) is 0 Å². The molecule has 3 aromatic heterocycles. The van der Waals surface area contributed by atoms with Crippen LogP contribution >= 0.6 is 0 Å². The molecule has 16 heteroatoms. The molecule has 304 valence electrons. The van der Waals surface area contributed by atoms with Crippen molar-refractivity contribution < 1.29 is 28.7 Å².